The molecule has 0 fully saturated rings. The number of benzene rings is 2. The molecule has 0 saturated carbocycles. The van der Waals surface area contributed by atoms with Crippen molar-refractivity contribution in [3.05, 3.63) is 58.9 Å². The van der Waals surface area contributed by atoms with Crippen molar-refractivity contribution in [2.24, 2.45) is 0 Å². The molecule has 0 saturated heterocycles. The molecule has 0 atom stereocenters. The molecule has 2 rings (SSSR count). The number of anilines is 1. The van der Waals surface area contributed by atoms with E-state index >= 15 is 0 Å². The van der Waals surface area contributed by atoms with Crippen LogP contribution in [-0.2, 0) is 16.6 Å². The Morgan fingerprint density at radius 2 is 1.90 bits per heavy atom. The first-order valence-electron chi connectivity index (χ1n) is 6.14. The van der Waals surface area contributed by atoms with E-state index in [-0.39, 0.29) is 10.7 Å². The van der Waals surface area contributed by atoms with Gasteiger partial charge in [-0.1, -0.05) is 29.8 Å². The van der Waals surface area contributed by atoms with Crippen LogP contribution in [0.4, 0.5) is 10.1 Å². The average Bonchev–Trinajstić information content (AvgIpc) is 2.41. The minimum Gasteiger partial charge on any atom is -0.316 e. The van der Waals surface area contributed by atoms with E-state index in [9.17, 15) is 12.8 Å². The lowest BCUT2D eigenvalue weighted by atomic mass is 10.2. The first-order valence-corrected chi connectivity index (χ1v) is 8.00. The summed E-state index contributed by atoms with van der Waals surface area (Å²) in [4.78, 5) is -0.415. The summed E-state index contributed by atoms with van der Waals surface area (Å²) in [7, 11) is -2.30. The summed E-state index contributed by atoms with van der Waals surface area (Å²) < 4.78 is 40.7. The van der Waals surface area contributed by atoms with E-state index < -0.39 is 20.7 Å². The van der Waals surface area contributed by atoms with Crippen LogP contribution in [0.1, 0.15) is 5.56 Å². The quantitative estimate of drug-likeness (QED) is 0.887. The van der Waals surface area contributed by atoms with E-state index in [1.807, 2.05) is 0 Å². The van der Waals surface area contributed by atoms with Crippen molar-refractivity contribution in [2.45, 2.75) is 11.4 Å². The molecule has 2 aromatic rings. The Balaban J connectivity index is 2.34. The van der Waals surface area contributed by atoms with Crippen molar-refractivity contribution in [1.82, 2.24) is 5.32 Å². The maximum Gasteiger partial charge on any atom is 0.264 e. The smallest absolute Gasteiger partial charge is 0.264 e. The Bertz CT molecular complexity index is 750. The largest absolute Gasteiger partial charge is 0.316 e. The van der Waals surface area contributed by atoms with Gasteiger partial charge in [0.15, 0.2) is 0 Å². The third-order valence-corrected chi connectivity index (χ3v) is 4.51. The lowest BCUT2D eigenvalue weighted by molar-refractivity contribution is 0.568. The zero-order valence-electron chi connectivity index (χ0n) is 11.2. The molecule has 7 heteroatoms. The normalized spacial score (nSPS) is 11.4. The molecule has 4 nitrogen and oxygen atoms in total. The Kier molecular flexibility index (Phi) is 4.82. The van der Waals surface area contributed by atoms with Gasteiger partial charge >= 0.3 is 0 Å². The Hall–Kier alpha value is -1.63. The summed E-state index contributed by atoms with van der Waals surface area (Å²) in [5, 5.41) is 3.11. The van der Waals surface area contributed by atoms with Crippen LogP contribution >= 0.6 is 11.6 Å². The molecule has 0 bridgehead atoms. The van der Waals surface area contributed by atoms with Crippen LogP contribution in [0, 0.1) is 5.82 Å². The highest BCUT2D eigenvalue weighted by Crippen LogP contribution is 2.25. The van der Waals surface area contributed by atoms with E-state index in [1.54, 1.807) is 31.3 Å². The van der Waals surface area contributed by atoms with Gasteiger partial charge < -0.3 is 5.32 Å². The van der Waals surface area contributed by atoms with Crippen molar-refractivity contribution < 1.29 is 12.8 Å². The molecular weight excluding hydrogens is 315 g/mol. The monoisotopic (exact) mass is 328 g/mol. The molecule has 0 unspecified atom stereocenters. The highest BCUT2D eigenvalue weighted by atomic mass is 35.5. The van der Waals surface area contributed by atoms with Crippen LogP contribution in [0.15, 0.2) is 47.4 Å². The third kappa shape index (κ3) is 3.72. The first-order chi connectivity index (χ1) is 9.94. The molecule has 0 heterocycles. The van der Waals surface area contributed by atoms with E-state index in [0.29, 0.717) is 12.1 Å². The van der Waals surface area contributed by atoms with Crippen molar-refractivity contribution in [3.8, 4) is 0 Å². The van der Waals surface area contributed by atoms with Crippen LogP contribution in [0.3, 0.4) is 0 Å². The minimum atomic E-state index is -4.03. The second-order valence-electron chi connectivity index (χ2n) is 4.38. The number of nitrogens with one attached hydrogen (secondary N) is 2. The molecule has 0 amide bonds. The number of hydrogen-bond acceptors (Lipinski definition) is 3. The zero-order chi connectivity index (χ0) is 15.5. The topological polar surface area (TPSA) is 58.2 Å². The van der Waals surface area contributed by atoms with Crippen LogP contribution in [0.25, 0.3) is 0 Å². The van der Waals surface area contributed by atoms with Crippen LogP contribution < -0.4 is 10.0 Å². The minimum absolute atomic E-state index is 0.206. The number of para-hydroxylation sites is 1. The number of hydrogen-bond donors (Lipinski definition) is 2. The zero-order valence-corrected chi connectivity index (χ0v) is 12.8. The van der Waals surface area contributed by atoms with Crippen LogP contribution in [0.5, 0.6) is 0 Å². The highest BCUT2D eigenvalue weighted by molar-refractivity contribution is 7.92. The van der Waals surface area contributed by atoms with E-state index in [2.05, 4.69) is 10.0 Å². The Morgan fingerprint density at radius 3 is 2.52 bits per heavy atom. The van der Waals surface area contributed by atoms with Gasteiger partial charge in [-0.15, -0.1) is 0 Å². The van der Waals surface area contributed by atoms with Gasteiger partial charge in [0.25, 0.3) is 10.0 Å². The van der Waals surface area contributed by atoms with E-state index in [1.165, 1.54) is 18.2 Å². The summed E-state index contributed by atoms with van der Waals surface area (Å²) >= 11 is 5.90. The van der Waals surface area contributed by atoms with Crippen LogP contribution in [-0.4, -0.2) is 15.5 Å². The molecule has 0 aliphatic carbocycles. The highest BCUT2D eigenvalue weighted by Gasteiger charge is 2.20. The lowest BCUT2D eigenvalue weighted by Gasteiger charge is -2.11. The molecule has 2 aromatic carbocycles. The van der Waals surface area contributed by atoms with E-state index in [0.717, 1.165) is 0 Å². The second kappa shape index (κ2) is 6.43. The summed E-state index contributed by atoms with van der Waals surface area (Å²) in [6.45, 7) is 0.454. The Morgan fingerprint density at radius 1 is 1.19 bits per heavy atom. The summed E-state index contributed by atoms with van der Waals surface area (Å²) in [6.07, 6.45) is 0. The molecule has 0 aromatic heterocycles. The maximum atomic E-state index is 14.0. The summed E-state index contributed by atoms with van der Waals surface area (Å²) in [6, 6.07) is 10.3. The van der Waals surface area contributed by atoms with Gasteiger partial charge in [0.05, 0.1) is 10.7 Å². The van der Waals surface area contributed by atoms with Crippen molar-refractivity contribution in [2.75, 3.05) is 11.8 Å². The van der Waals surface area contributed by atoms with Gasteiger partial charge in [-0.05, 0) is 36.9 Å². The average molecular weight is 329 g/mol. The second-order valence-corrected chi connectivity index (χ2v) is 6.44. The fourth-order valence-corrected chi connectivity index (χ4v) is 3.20. The summed E-state index contributed by atoms with van der Waals surface area (Å²) in [5.74, 6) is -0.803. The number of sulfonamides is 1. The molecule has 2 N–H and O–H groups in total. The van der Waals surface area contributed by atoms with Gasteiger partial charge in [-0.2, -0.15) is 0 Å². The van der Waals surface area contributed by atoms with Gasteiger partial charge in [-0.3, -0.25) is 4.72 Å². The predicted octanol–water partition coefficient (Wildman–Crippen LogP) is 3.00. The van der Waals surface area contributed by atoms with Crippen molar-refractivity contribution >= 4 is 27.3 Å². The molecule has 0 aliphatic heterocycles. The first kappa shape index (κ1) is 15.8. The standard InChI is InChI=1S/C14H14ClFN2O2S/c1-17-9-10-6-7-14(12(16)8-10)21(19,20)18-13-5-3-2-4-11(13)15/h2-8,17-18H,9H2,1H3. The number of halogens is 2. The predicted molar refractivity (Wildman–Crippen MR) is 81.4 cm³/mol. The fourth-order valence-electron chi connectivity index (χ4n) is 1.82. The molecular formula is C14H14ClFN2O2S. The van der Waals surface area contributed by atoms with Crippen molar-refractivity contribution in [1.29, 1.82) is 0 Å². The van der Waals surface area contributed by atoms with Crippen LogP contribution in [0.2, 0.25) is 5.02 Å². The van der Waals surface area contributed by atoms with Gasteiger partial charge in [-0.25, -0.2) is 12.8 Å². The van der Waals surface area contributed by atoms with Gasteiger partial charge in [0, 0.05) is 6.54 Å². The molecule has 0 aliphatic rings. The molecule has 112 valence electrons. The third-order valence-electron chi connectivity index (χ3n) is 2.78. The van der Waals surface area contributed by atoms with Gasteiger partial charge in [0.1, 0.15) is 10.7 Å². The van der Waals surface area contributed by atoms with Crippen molar-refractivity contribution in [3.63, 3.8) is 0 Å². The molecule has 0 spiro atoms. The molecule has 21 heavy (non-hydrogen) atoms. The maximum absolute atomic E-state index is 14.0. The number of rotatable bonds is 5. The SMILES string of the molecule is CNCc1ccc(S(=O)(=O)Nc2ccccc2Cl)c(F)c1. The lowest BCUT2D eigenvalue weighted by Crippen LogP contribution is -2.15. The summed E-state index contributed by atoms with van der Waals surface area (Å²) in [5.41, 5.74) is 0.865. The van der Waals surface area contributed by atoms with E-state index in [4.69, 9.17) is 11.6 Å². The Labute approximate surface area is 128 Å². The fraction of sp³-hybridized carbons (Fsp3) is 0.143. The molecule has 0 radical (unpaired) electrons. The van der Waals surface area contributed by atoms with Gasteiger partial charge in [0.2, 0.25) is 0 Å².